The molecular formula is C30H36N2O4. The Balaban J connectivity index is 1.74. The number of methoxy groups -OCH3 is 1. The maximum absolute atomic E-state index is 13.7. The van der Waals surface area contributed by atoms with Crippen LogP contribution >= 0.6 is 0 Å². The third-order valence-corrected chi connectivity index (χ3v) is 6.93. The topological polar surface area (TPSA) is 67.9 Å². The molecule has 2 atom stereocenters. The van der Waals surface area contributed by atoms with Gasteiger partial charge in [-0.05, 0) is 60.6 Å². The van der Waals surface area contributed by atoms with Gasteiger partial charge in [0, 0.05) is 49.1 Å². The Labute approximate surface area is 214 Å². The normalized spacial score (nSPS) is 19.7. The van der Waals surface area contributed by atoms with Gasteiger partial charge >= 0.3 is 5.97 Å². The lowest BCUT2D eigenvalue weighted by atomic mass is 9.71. The van der Waals surface area contributed by atoms with Gasteiger partial charge in [0.25, 0.3) is 0 Å². The highest BCUT2D eigenvalue weighted by atomic mass is 16.5. The Kier molecular flexibility index (Phi) is 7.53. The predicted molar refractivity (Wildman–Crippen MR) is 142 cm³/mol. The lowest BCUT2D eigenvalue weighted by Crippen LogP contribution is -2.36. The van der Waals surface area contributed by atoms with Gasteiger partial charge in [-0.25, -0.2) is 4.79 Å². The van der Waals surface area contributed by atoms with Gasteiger partial charge in [-0.2, -0.15) is 0 Å². The third kappa shape index (κ3) is 5.18. The first-order valence-corrected chi connectivity index (χ1v) is 12.5. The number of dihydropyridines is 1. The van der Waals surface area contributed by atoms with Crippen LogP contribution < -0.4 is 15.0 Å². The molecule has 6 nitrogen and oxygen atoms in total. The SMILES string of the molecule is COc1ccc([C@@H]2CC(=O)C3=C(C2)NC(C)=C(C(=O)OCC(C)C)[C@@H]3c2ccc(N(C)C)cc2)cc1. The monoisotopic (exact) mass is 488 g/mol. The number of Topliss-reactive ketones (excluding diaryl/α,β-unsaturated/α-hetero) is 1. The molecule has 0 bridgehead atoms. The molecular weight excluding hydrogens is 452 g/mol. The van der Waals surface area contributed by atoms with Crippen LogP contribution in [0.5, 0.6) is 5.75 Å². The number of allylic oxidation sites excluding steroid dienone is 3. The van der Waals surface area contributed by atoms with Crippen LogP contribution in [0.15, 0.2) is 71.1 Å². The highest BCUT2D eigenvalue weighted by molar-refractivity contribution is 6.04. The number of ketones is 1. The number of hydrogen-bond acceptors (Lipinski definition) is 6. The lowest BCUT2D eigenvalue weighted by Gasteiger charge is -2.37. The zero-order chi connectivity index (χ0) is 26.0. The first kappa shape index (κ1) is 25.5. The largest absolute Gasteiger partial charge is 0.497 e. The Morgan fingerprint density at radius 1 is 1.03 bits per heavy atom. The molecule has 1 N–H and O–H groups in total. The second-order valence-corrected chi connectivity index (χ2v) is 10.3. The van der Waals surface area contributed by atoms with Crippen molar-refractivity contribution < 1.29 is 19.1 Å². The molecule has 0 spiro atoms. The minimum Gasteiger partial charge on any atom is -0.497 e. The van der Waals surface area contributed by atoms with Crippen LogP contribution in [0.1, 0.15) is 56.6 Å². The van der Waals surface area contributed by atoms with Gasteiger partial charge in [0.15, 0.2) is 5.78 Å². The average molecular weight is 489 g/mol. The number of ether oxygens (including phenoxy) is 2. The molecule has 0 fully saturated rings. The molecule has 0 unspecified atom stereocenters. The van der Waals surface area contributed by atoms with Gasteiger partial charge in [-0.15, -0.1) is 0 Å². The molecule has 0 saturated carbocycles. The first-order chi connectivity index (χ1) is 17.2. The molecule has 2 aromatic carbocycles. The molecule has 36 heavy (non-hydrogen) atoms. The number of anilines is 1. The van der Waals surface area contributed by atoms with Crippen molar-refractivity contribution in [3.05, 3.63) is 82.2 Å². The van der Waals surface area contributed by atoms with Crippen molar-refractivity contribution >= 4 is 17.4 Å². The van der Waals surface area contributed by atoms with E-state index >= 15 is 0 Å². The van der Waals surface area contributed by atoms with E-state index in [0.717, 1.165) is 34.0 Å². The Morgan fingerprint density at radius 3 is 2.25 bits per heavy atom. The molecule has 2 aliphatic rings. The molecule has 0 aromatic heterocycles. The fourth-order valence-electron chi connectivity index (χ4n) is 5.04. The third-order valence-electron chi connectivity index (χ3n) is 6.93. The molecule has 0 saturated heterocycles. The van der Waals surface area contributed by atoms with Crippen LogP contribution in [-0.4, -0.2) is 39.6 Å². The fourth-order valence-corrected chi connectivity index (χ4v) is 5.04. The van der Waals surface area contributed by atoms with E-state index in [1.54, 1.807) is 7.11 Å². The quantitative estimate of drug-likeness (QED) is 0.532. The summed E-state index contributed by atoms with van der Waals surface area (Å²) in [4.78, 5) is 29.1. The molecule has 190 valence electrons. The maximum Gasteiger partial charge on any atom is 0.336 e. The summed E-state index contributed by atoms with van der Waals surface area (Å²) in [5, 5.41) is 3.42. The van der Waals surface area contributed by atoms with Gasteiger partial charge in [0.1, 0.15) is 5.75 Å². The van der Waals surface area contributed by atoms with Gasteiger partial charge in [-0.3, -0.25) is 4.79 Å². The van der Waals surface area contributed by atoms with E-state index < -0.39 is 5.92 Å². The number of hydrogen-bond donors (Lipinski definition) is 1. The van der Waals surface area contributed by atoms with Crippen molar-refractivity contribution in [3.63, 3.8) is 0 Å². The highest BCUT2D eigenvalue weighted by Gasteiger charge is 2.41. The Morgan fingerprint density at radius 2 is 1.67 bits per heavy atom. The lowest BCUT2D eigenvalue weighted by molar-refractivity contribution is -0.140. The van der Waals surface area contributed by atoms with E-state index in [0.29, 0.717) is 30.6 Å². The number of benzene rings is 2. The zero-order valence-electron chi connectivity index (χ0n) is 22.1. The molecule has 0 amide bonds. The Bertz CT molecular complexity index is 1190. The minimum atomic E-state index is -0.457. The Hall–Kier alpha value is -3.54. The van der Waals surface area contributed by atoms with Gasteiger partial charge in [0.05, 0.1) is 19.3 Å². The average Bonchev–Trinajstić information content (AvgIpc) is 2.86. The van der Waals surface area contributed by atoms with Gasteiger partial charge < -0.3 is 19.7 Å². The molecule has 2 aromatic rings. The number of esters is 1. The summed E-state index contributed by atoms with van der Waals surface area (Å²) >= 11 is 0. The molecule has 4 rings (SSSR count). The molecule has 6 heteroatoms. The van der Waals surface area contributed by atoms with E-state index in [-0.39, 0.29) is 23.6 Å². The summed E-state index contributed by atoms with van der Waals surface area (Å²) < 4.78 is 11.0. The van der Waals surface area contributed by atoms with Gasteiger partial charge in [-0.1, -0.05) is 38.1 Å². The number of carbonyl (C=O) groups is 2. The van der Waals surface area contributed by atoms with Crippen LogP contribution in [0.2, 0.25) is 0 Å². The van der Waals surface area contributed by atoms with Crippen LogP contribution in [0, 0.1) is 5.92 Å². The second-order valence-electron chi connectivity index (χ2n) is 10.3. The summed E-state index contributed by atoms with van der Waals surface area (Å²) in [5.41, 5.74) is 5.91. The highest BCUT2D eigenvalue weighted by Crippen LogP contribution is 2.46. The summed E-state index contributed by atoms with van der Waals surface area (Å²) in [6.07, 6.45) is 1.10. The summed E-state index contributed by atoms with van der Waals surface area (Å²) in [6, 6.07) is 16.0. The smallest absolute Gasteiger partial charge is 0.336 e. The zero-order valence-corrected chi connectivity index (χ0v) is 22.1. The molecule has 1 aliphatic carbocycles. The van der Waals surface area contributed by atoms with Crippen molar-refractivity contribution in [2.75, 3.05) is 32.7 Å². The summed E-state index contributed by atoms with van der Waals surface area (Å²) in [5.74, 6) is 0.316. The van der Waals surface area contributed by atoms with E-state index in [2.05, 4.69) is 5.32 Å². The van der Waals surface area contributed by atoms with Crippen LogP contribution in [0.4, 0.5) is 5.69 Å². The van der Waals surface area contributed by atoms with Crippen LogP contribution in [0.25, 0.3) is 0 Å². The van der Waals surface area contributed by atoms with E-state index in [9.17, 15) is 9.59 Å². The van der Waals surface area contributed by atoms with Crippen molar-refractivity contribution in [2.45, 2.75) is 45.4 Å². The number of nitrogens with one attached hydrogen (secondary N) is 1. The van der Waals surface area contributed by atoms with E-state index in [1.165, 1.54) is 0 Å². The van der Waals surface area contributed by atoms with E-state index in [1.807, 2.05) is 88.3 Å². The van der Waals surface area contributed by atoms with Crippen LogP contribution in [-0.2, 0) is 14.3 Å². The van der Waals surface area contributed by atoms with E-state index in [4.69, 9.17) is 9.47 Å². The first-order valence-electron chi connectivity index (χ1n) is 12.5. The number of carbonyl (C=O) groups excluding carboxylic acids is 2. The number of nitrogens with zero attached hydrogens (tertiary/aromatic N) is 1. The predicted octanol–water partition coefficient (Wildman–Crippen LogP) is 5.32. The van der Waals surface area contributed by atoms with Crippen molar-refractivity contribution in [1.82, 2.24) is 5.32 Å². The summed E-state index contributed by atoms with van der Waals surface area (Å²) in [6.45, 7) is 6.26. The molecule has 1 aliphatic heterocycles. The van der Waals surface area contributed by atoms with Crippen LogP contribution in [0.3, 0.4) is 0 Å². The second kappa shape index (κ2) is 10.6. The maximum atomic E-state index is 13.7. The molecule has 0 radical (unpaired) electrons. The summed E-state index contributed by atoms with van der Waals surface area (Å²) in [7, 11) is 5.62. The van der Waals surface area contributed by atoms with Crippen molar-refractivity contribution in [2.24, 2.45) is 5.92 Å². The fraction of sp³-hybridized carbons (Fsp3) is 0.400. The minimum absolute atomic E-state index is 0.0629. The van der Waals surface area contributed by atoms with Crippen molar-refractivity contribution in [1.29, 1.82) is 0 Å². The van der Waals surface area contributed by atoms with Gasteiger partial charge in [0.2, 0.25) is 0 Å². The van der Waals surface area contributed by atoms with Crippen molar-refractivity contribution in [3.8, 4) is 5.75 Å². The number of rotatable bonds is 7. The standard InChI is InChI=1S/C30H36N2O4/c1-18(2)17-36-30(34)27-19(3)31-25-15-22(20-9-13-24(35-6)14-10-20)16-26(33)29(25)28(27)21-7-11-23(12-8-21)32(4)5/h7-14,18,22,28,31H,15-17H2,1-6H3/t22-,28-/m0/s1. The molecule has 1 heterocycles.